The number of nitrogens with two attached hydrogens (primary N) is 1. The second-order valence-corrected chi connectivity index (χ2v) is 6.95. The highest BCUT2D eigenvalue weighted by Crippen LogP contribution is 2.24. The van der Waals surface area contributed by atoms with E-state index in [0.717, 1.165) is 5.56 Å². The van der Waals surface area contributed by atoms with Crippen molar-refractivity contribution < 1.29 is 14.3 Å². The third kappa shape index (κ3) is 4.87. The van der Waals surface area contributed by atoms with Crippen LogP contribution in [0.2, 0.25) is 0 Å². The number of ether oxygens (including phenoxy) is 1. The Kier molecular flexibility index (Phi) is 5.89. The monoisotopic (exact) mass is 415 g/mol. The third-order valence-corrected chi connectivity index (χ3v) is 4.74. The average molecular weight is 415 g/mol. The Bertz CT molecular complexity index is 1100. The van der Waals surface area contributed by atoms with Crippen LogP contribution >= 0.6 is 0 Å². The van der Waals surface area contributed by atoms with Gasteiger partial charge in [-0.25, -0.2) is 4.98 Å². The largest absolute Gasteiger partial charge is 0.439 e. The van der Waals surface area contributed by atoms with Crippen molar-refractivity contribution >= 4 is 23.2 Å². The minimum absolute atomic E-state index is 0.148. The van der Waals surface area contributed by atoms with Gasteiger partial charge in [0.1, 0.15) is 17.5 Å². The van der Waals surface area contributed by atoms with Gasteiger partial charge in [-0.3, -0.25) is 14.6 Å². The lowest BCUT2D eigenvalue weighted by Crippen LogP contribution is -2.39. The molecule has 8 nitrogen and oxygen atoms in total. The van der Waals surface area contributed by atoms with Gasteiger partial charge in [0.15, 0.2) is 0 Å². The molecule has 2 aromatic carbocycles. The fourth-order valence-electron chi connectivity index (χ4n) is 3.20. The van der Waals surface area contributed by atoms with Crippen LogP contribution in [0.1, 0.15) is 12.0 Å². The number of carbonyl (C=O) groups is 2. The molecule has 8 heteroatoms. The Labute approximate surface area is 179 Å². The summed E-state index contributed by atoms with van der Waals surface area (Å²) in [6, 6.07) is 21.3. The predicted octanol–water partition coefficient (Wildman–Crippen LogP) is 2.61. The van der Waals surface area contributed by atoms with Crippen LogP contribution in [0.5, 0.6) is 11.6 Å². The van der Waals surface area contributed by atoms with Crippen molar-refractivity contribution in [2.24, 2.45) is 10.8 Å². The van der Waals surface area contributed by atoms with E-state index < -0.39 is 11.9 Å². The Hall–Kier alpha value is -4.20. The molecule has 1 aliphatic rings. The van der Waals surface area contributed by atoms with Crippen LogP contribution in [0, 0.1) is 0 Å². The summed E-state index contributed by atoms with van der Waals surface area (Å²) in [7, 11) is 0. The molecule has 1 atom stereocenters. The second kappa shape index (κ2) is 9.08. The molecule has 31 heavy (non-hydrogen) atoms. The van der Waals surface area contributed by atoms with Crippen LogP contribution in [0.25, 0.3) is 0 Å². The number of benzene rings is 2. The standard InChI is InChI=1S/C23H21N5O3/c24-22(29)20-14-19(27-28(20)17-7-3-1-4-8-17)23(30)26-15-16-11-12-25-21(13-16)31-18-9-5-2-6-10-18/h1-13,20H,14-15H2,(H2,24,29)(H,26,30)/t20-/m0/s1. The van der Waals surface area contributed by atoms with Gasteiger partial charge in [0, 0.05) is 25.2 Å². The summed E-state index contributed by atoms with van der Waals surface area (Å²) in [5, 5.41) is 8.67. The number of carbonyl (C=O) groups excluding carboxylic acids is 2. The molecule has 0 unspecified atom stereocenters. The Morgan fingerprint density at radius 2 is 1.77 bits per heavy atom. The number of primary amides is 1. The van der Waals surface area contributed by atoms with E-state index in [4.69, 9.17) is 10.5 Å². The summed E-state index contributed by atoms with van der Waals surface area (Å²) in [6.45, 7) is 0.262. The molecule has 0 saturated carbocycles. The average Bonchev–Trinajstić information content (AvgIpc) is 3.25. The van der Waals surface area contributed by atoms with Gasteiger partial charge >= 0.3 is 0 Å². The first-order valence-corrected chi connectivity index (χ1v) is 9.77. The second-order valence-electron chi connectivity index (χ2n) is 6.95. The molecular formula is C23H21N5O3. The molecule has 0 aliphatic carbocycles. The maximum Gasteiger partial charge on any atom is 0.267 e. The van der Waals surface area contributed by atoms with E-state index in [1.165, 1.54) is 5.01 Å². The van der Waals surface area contributed by atoms with Gasteiger partial charge in [0.2, 0.25) is 11.8 Å². The number of hydrogen-bond donors (Lipinski definition) is 2. The molecule has 0 radical (unpaired) electrons. The zero-order chi connectivity index (χ0) is 21.6. The first-order chi connectivity index (χ1) is 15.1. The highest BCUT2D eigenvalue weighted by atomic mass is 16.5. The molecule has 0 fully saturated rings. The van der Waals surface area contributed by atoms with Crippen molar-refractivity contribution in [3.05, 3.63) is 84.6 Å². The number of rotatable bonds is 7. The Balaban J connectivity index is 1.42. The van der Waals surface area contributed by atoms with Gasteiger partial charge < -0.3 is 15.8 Å². The van der Waals surface area contributed by atoms with Crippen molar-refractivity contribution in [1.29, 1.82) is 0 Å². The first-order valence-electron chi connectivity index (χ1n) is 9.77. The summed E-state index contributed by atoms with van der Waals surface area (Å²) in [6.07, 6.45) is 1.77. The van der Waals surface area contributed by atoms with Crippen molar-refractivity contribution in [3.63, 3.8) is 0 Å². The lowest BCUT2D eigenvalue weighted by molar-refractivity contribution is -0.119. The number of pyridine rings is 1. The zero-order valence-corrected chi connectivity index (χ0v) is 16.6. The molecule has 156 valence electrons. The van der Waals surface area contributed by atoms with Gasteiger partial charge in [-0.2, -0.15) is 5.10 Å². The van der Waals surface area contributed by atoms with Crippen LogP contribution in [0.15, 0.2) is 84.1 Å². The van der Waals surface area contributed by atoms with Gasteiger partial charge in [0.05, 0.1) is 5.69 Å². The molecule has 3 aromatic rings. The summed E-state index contributed by atoms with van der Waals surface area (Å²) < 4.78 is 5.72. The SMILES string of the molecule is NC(=O)[C@@H]1CC(C(=O)NCc2ccnc(Oc3ccccc3)c2)=NN1c1ccccc1. The molecule has 4 rings (SSSR count). The molecule has 1 aliphatic heterocycles. The number of hydrazone groups is 1. The minimum atomic E-state index is -0.699. The zero-order valence-electron chi connectivity index (χ0n) is 16.6. The fourth-order valence-corrected chi connectivity index (χ4v) is 3.20. The van der Waals surface area contributed by atoms with Crippen LogP contribution < -0.4 is 20.8 Å². The maximum atomic E-state index is 12.7. The fraction of sp³-hybridized carbons (Fsp3) is 0.130. The van der Waals surface area contributed by atoms with Crippen LogP contribution in [-0.2, 0) is 16.1 Å². The molecule has 2 heterocycles. The van der Waals surface area contributed by atoms with E-state index in [2.05, 4.69) is 15.4 Å². The molecule has 0 bridgehead atoms. The highest BCUT2D eigenvalue weighted by molar-refractivity contribution is 6.40. The van der Waals surface area contributed by atoms with Crippen molar-refractivity contribution in [3.8, 4) is 11.6 Å². The van der Waals surface area contributed by atoms with Crippen molar-refractivity contribution in [2.75, 3.05) is 5.01 Å². The van der Waals surface area contributed by atoms with Crippen LogP contribution in [0.3, 0.4) is 0 Å². The summed E-state index contributed by atoms with van der Waals surface area (Å²) in [4.78, 5) is 28.7. The normalized spacial score (nSPS) is 15.3. The smallest absolute Gasteiger partial charge is 0.267 e. The number of para-hydroxylation sites is 2. The third-order valence-electron chi connectivity index (χ3n) is 4.74. The maximum absolute atomic E-state index is 12.7. The summed E-state index contributed by atoms with van der Waals surface area (Å²) >= 11 is 0. The molecule has 0 spiro atoms. The molecule has 1 aromatic heterocycles. The van der Waals surface area contributed by atoms with E-state index in [1.54, 1.807) is 18.3 Å². The first kappa shape index (κ1) is 20.1. The summed E-state index contributed by atoms with van der Waals surface area (Å²) in [5.41, 5.74) is 7.30. The summed E-state index contributed by atoms with van der Waals surface area (Å²) in [5.74, 6) is 0.217. The number of amides is 2. The Morgan fingerprint density at radius 3 is 2.48 bits per heavy atom. The van der Waals surface area contributed by atoms with Crippen LogP contribution in [0.4, 0.5) is 5.69 Å². The Morgan fingerprint density at radius 1 is 1.06 bits per heavy atom. The van der Waals surface area contributed by atoms with Crippen molar-refractivity contribution in [2.45, 2.75) is 19.0 Å². The lowest BCUT2D eigenvalue weighted by atomic mass is 10.1. The van der Waals surface area contributed by atoms with Gasteiger partial charge in [-0.05, 0) is 35.9 Å². The van der Waals surface area contributed by atoms with Gasteiger partial charge in [0.25, 0.3) is 5.91 Å². The number of nitrogens with one attached hydrogen (secondary N) is 1. The molecule has 2 amide bonds. The topological polar surface area (TPSA) is 110 Å². The van der Waals surface area contributed by atoms with E-state index in [9.17, 15) is 9.59 Å². The number of hydrogen-bond acceptors (Lipinski definition) is 6. The van der Waals surface area contributed by atoms with Crippen LogP contribution in [-0.4, -0.2) is 28.6 Å². The van der Waals surface area contributed by atoms with E-state index in [0.29, 0.717) is 17.3 Å². The minimum Gasteiger partial charge on any atom is -0.439 e. The van der Waals surface area contributed by atoms with Gasteiger partial charge in [-0.1, -0.05) is 36.4 Å². The lowest BCUT2D eigenvalue weighted by Gasteiger charge is -2.20. The molecule has 0 saturated heterocycles. The molecular weight excluding hydrogens is 394 g/mol. The molecule has 3 N–H and O–H groups in total. The van der Waals surface area contributed by atoms with Gasteiger partial charge in [-0.15, -0.1) is 0 Å². The highest BCUT2D eigenvalue weighted by Gasteiger charge is 2.34. The van der Waals surface area contributed by atoms with Crippen molar-refractivity contribution in [1.82, 2.24) is 10.3 Å². The quantitative estimate of drug-likeness (QED) is 0.616. The number of nitrogens with zero attached hydrogens (tertiary/aromatic N) is 3. The van der Waals surface area contributed by atoms with E-state index in [1.807, 2.05) is 60.7 Å². The number of aromatic nitrogens is 1. The van der Waals surface area contributed by atoms with E-state index >= 15 is 0 Å². The number of anilines is 1. The van der Waals surface area contributed by atoms with E-state index in [-0.39, 0.29) is 24.6 Å². The predicted molar refractivity (Wildman–Crippen MR) is 117 cm³/mol.